The molecule has 0 saturated heterocycles. The van der Waals surface area contributed by atoms with Crippen LogP contribution in [0, 0.1) is 10.1 Å². The lowest BCUT2D eigenvalue weighted by Gasteiger charge is -2.12. The monoisotopic (exact) mass is 300 g/mol. The highest BCUT2D eigenvalue weighted by atomic mass is 16.6. The second-order valence-corrected chi connectivity index (χ2v) is 4.44. The standard InChI is InChI=1S/C15H12N2O5/c18-14(13(17(21)22)10-6-2-1-3-7-10)16-12-9-5-4-8-11(12)15(19)20/h1-9,13H,(H,16,18)(H,19,20). The van der Waals surface area contributed by atoms with Crippen molar-refractivity contribution in [3.8, 4) is 0 Å². The van der Waals surface area contributed by atoms with Crippen molar-refractivity contribution in [3.63, 3.8) is 0 Å². The number of aromatic carboxylic acids is 1. The van der Waals surface area contributed by atoms with Gasteiger partial charge in [0.15, 0.2) is 0 Å². The number of nitro groups is 1. The van der Waals surface area contributed by atoms with Crippen LogP contribution in [-0.2, 0) is 4.79 Å². The average molecular weight is 300 g/mol. The molecule has 1 atom stereocenters. The molecule has 0 aliphatic heterocycles. The van der Waals surface area contributed by atoms with Gasteiger partial charge in [-0.25, -0.2) is 4.79 Å². The second kappa shape index (κ2) is 6.49. The summed E-state index contributed by atoms with van der Waals surface area (Å²) in [4.78, 5) is 33.7. The topological polar surface area (TPSA) is 110 Å². The van der Waals surface area contributed by atoms with E-state index < -0.39 is 22.8 Å². The Bertz CT molecular complexity index is 715. The Balaban J connectivity index is 2.31. The first-order valence-corrected chi connectivity index (χ1v) is 6.32. The van der Waals surface area contributed by atoms with Gasteiger partial charge in [0.25, 0.3) is 0 Å². The van der Waals surface area contributed by atoms with Crippen molar-refractivity contribution < 1.29 is 19.6 Å². The van der Waals surface area contributed by atoms with Crippen LogP contribution in [0.5, 0.6) is 0 Å². The van der Waals surface area contributed by atoms with E-state index in [0.29, 0.717) is 0 Å². The molecule has 7 heteroatoms. The molecule has 0 aliphatic carbocycles. The number of nitrogens with one attached hydrogen (secondary N) is 1. The predicted molar refractivity (Wildman–Crippen MR) is 78.2 cm³/mol. The molecule has 2 aromatic carbocycles. The molecule has 112 valence electrons. The number of carbonyl (C=O) groups excluding carboxylic acids is 1. The molecular formula is C15H12N2O5. The number of hydrogen-bond acceptors (Lipinski definition) is 4. The van der Waals surface area contributed by atoms with Crippen LogP contribution in [0.25, 0.3) is 0 Å². The van der Waals surface area contributed by atoms with E-state index in [1.54, 1.807) is 18.2 Å². The number of carboxylic acids is 1. The highest BCUT2D eigenvalue weighted by Crippen LogP contribution is 2.21. The molecule has 2 aromatic rings. The summed E-state index contributed by atoms with van der Waals surface area (Å²) in [6, 6.07) is 11.9. The summed E-state index contributed by atoms with van der Waals surface area (Å²) in [5, 5.41) is 22.5. The van der Waals surface area contributed by atoms with Crippen molar-refractivity contribution >= 4 is 17.6 Å². The van der Waals surface area contributed by atoms with E-state index in [2.05, 4.69) is 5.32 Å². The SMILES string of the molecule is O=C(O)c1ccccc1NC(=O)C(c1ccccc1)[N+](=O)[O-]. The van der Waals surface area contributed by atoms with Crippen LogP contribution in [0.1, 0.15) is 22.0 Å². The summed E-state index contributed by atoms with van der Waals surface area (Å²) in [6.07, 6.45) is 0. The molecule has 0 bridgehead atoms. The van der Waals surface area contributed by atoms with Crippen molar-refractivity contribution in [2.24, 2.45) is 0 Å². The minimum Gasteiger partial charge on any atom is -0.478 e. The van der Waals surface area contributed by atoms with Gasteiger partial charge in [0, 0.05) is 10.5 Å². The molecule has 2 rings (SSSR count). The fraction of sp³-hybridized carbons (Fsp3) is 0.0667. The zero-order valence-electron chi connectivity index (χ0n) is 11.3. The maximum absolute atomic E-state index is 12.2. The van der Waals surface area contributed by atoms with E-state index in [1.807, 2.05) is 0 Å². The minimum absolute atomic E-state index is 0.0165. The number of nitrogens with zero attached hydrogens (tertiary/aromatic N) is 1. The number of hydrogen-bond donors (Lipinski definition) is 2. The van der Waals surface area contributed by atoms with Gasteiger partial charge in [-0.1, -0.05) is 42.5 Å². The first-order chi connectivity index (χ1) is 10.5. The lowest BCUT2D eigenvalue weighted by atomic mass is 10.1. The molecule has 0 spiro atoms. The van der Waals surface area contributed by atoms with E-state index in [0.717, 1.165) is 0 Å². The van der Waals surface area contributed by atoms with Gasteiger partial charge >= 0.3 is 17.9 Å². The molecule has 1 unspecified atom stereocenters. The molecular weight excluding hydrogens is 288 g/mol. The Labute approximate surface area is 125 Å². The van der Waals surface area contributed by atoms with Gasteiger partial charge in [0.2, 0.25) is 0 Å². The molecule has 2 N–H and O–H groups in total. The summed E-state index contributed by atoms with van der Waals surface area (Å²) in [7, 11) is 0. The van der Waals surface area contributed by atoms with E-state index >= 15 is 0 Å². The molecule has 0 aliphatic rings. The minimum atomic E-state index is -1.61. The molecule has 0 heterocycles. The van der Waals surface area contributed by atoms with Crippen LogP contribution < -0.4 is 5.32 Å². The number of benzene rings is 2. The maximum Gasteiger partial charge on any atom is 0.337 e. The summed E-state index contributed by atoms with van der Waals surface area (Å²) in [5.74, 6) is -2.13. The Morgan fingerprint density at radius 2 is 1.64 bits per heavy atom. The van der Waals surface area contributed by atoms with Crippen molar-refractivity contribution in [2.75, 3.05) is 5.32 Å². The van der Waals surface area contributed by atoms with Crippen molar-refractivity contribution in [3.05, 3.63) is 75.8 Å². The summed E-state index contributed by atoms with van der Waals surface area (Å²) in [5.41, 5.74) is 0.103. The van der Waals surface area contributed by atoms with Crippen LogP contribution in [0.4, 0.5) is 5.69 Å². The van der Waals surface area contributed by atoms with Gasteiger partial charge in [0.1, 0.15) is 0 Å². The number of rotatable bonds is 5. The highest BCUT2D eigenvalue weighted by Gasteiger charge is 2.32. The van der Waals surface area contributed by atoms with E-state index in [-0.39, 0.29) is 16.8 Å². The fourth-order valence-electron chi connectivity index (χ4n) is 1.98. The zero-order valence-corrected chi connectivity index (χ0v) is 11.3. The average Bonchev–Trinajstić information content (AvgIpc) is 2.48. The summed E-state index contributed by atoms with van der Waals surface area (Å²) < 4.78 is 0. The predicted octanol–water partition coefficient (Wildman–Crippen LogP) is 2.34. The lowest BCUT2D eigenvalue weighted by Crippen LogP contribution is -2.27. The second-order valence-electron chi connectivity index (χ2n) is 4.44. The first-order valence-electron chi connectivity index (χ1n) is 6.32. The van der Waals surface area contributed by atoms with Gasteiger partial charge in [-0.15, -0.1) is 0 Å². The normalized spacial score (nSPS) is 11.5. The lowest BCUT2D eigenvalue weighted by molar-refractivity contribution is -0.512. The molecule has 0 radical (unpaired) electrons. The summed E-state index contributed by atoms with van der Waals surface area (Å²) in [6.45, 7) is 0. The Morgan fingerprint density at radius 3 is 2.23 bits per heavy atom. The van der Waals surface area contributed by atoms with Crippen molar-refractivity contribution in [1.29, 1.82) is 0 Å². The smallest absolute Gasteiger partial charge is 0.337 e. The van der Waals surface area contributed by atoms with Gasteiger partial charge in [-0.05, 0) is 12.1 Å². The van der Waals surface area contributed by atoms with E-state index in [9.17, 15) is 19.7 Å². The van der Waals surface area contributed by atoms with E-state index in [4.69, 9.17) is 5.11 Å². The number of amides is 1. The zero-order chi connectivity index (χ0) is 16.1. The van der Waals surface area contributed by atoms with Crippen molar-refractivity contribution in [1.82, 2.24) is 0 Å². The van der Waals surface area contributed by atoms with Crippen LogP contribution in [-0.4, -0.2) is 21.9 Å². The first kappa shape index (κ1) is 15.2. The quantitative estimate of drug-likeness (QED) is 0.650. The third-order valence-electron chi connectivity index (χ3n) is 2.99. The number of anilines is 1. The van der Waals surface area contributed by atoms with Crippen LogP contribution in [0.15, 0.2) is 54.6 Å². The van der Waals surface area contributed by atoms with Gasteiger partial charge in [0.05, 0.1) is 11.3 Å². The molecule has 1 amide bonds. The van der Waals surface area contributed by atoms with Crippen LogP contribution in [0.2, 0.25) is 0 Å². The summed E-state index contributed by atoms with van der Waals surface area (Å²) >= 11 is 0. The third kappa shape index (κ3) is 3.26. The Kier molecular flexibility index (Phi) is 4.47. The molecule has 7 nitrogen and oxygen atoms in total. The van der Waals surface area contributed by atoms with Gasteiger partial charge < -0.3 is 10.4 Å². The number of para-hydroxylation sites is 1. The fourth-order valence-corrected chi connectivity index (χ4v) is 1.98. The number of carboxylic acid groups (broad SMARTS) is 1. The van der Waals surface area contributed by atoms with Gasteiger partial charge in [-0.3, -0.25) is 14.9 Å². The highest BCUT2D eigenvalue weighted by molar-refractivity contribution is 6.02. The van der Waals surface area contributed by atoms with Crippen molar-refractivity contribution in [2.45, 2.75) is 6.04 Å². The number of carbonyl (C=O) groups is 2. The molecule has 0 aromatic heterocycles. The largest absolute Gasteiger partial charge is 0.478 e. The molecule has 22 heavy (non-hydrogen) atoms. The van der Waals surface area contributed by atoms with Crippen LogP contribution >= 0.6 is 0 Å². The van der Waals surface area contributed by atoms with Gasteiger partial charge in [-0.2, -0.15) is 0 Å². The van der Waals surface area contributed by atoms with E-state index in [1.165, 1.54) is 36.4 Å². The molecule has 0 fully saturated rings. The Morgan fingerprint density at radius 1 is 1.05 bits per heavy atom. The van der Waals surface area contributed by atoms with Crippen LogP contribution in [0.3, 0.4) is 0 Å². The third-order valence-corrected chi connectivity index (χ3v) is 2.99. The molecule has 0 saturated carbocycles. The maximum atomic E-state index is 12.2. The Hall–Kier alpha value is -3.22.